The van der Waals surface area contributed by atoms with Crippen LogP contribution in [0.25, 0.3) is 0 Å². The molecule has 1 rings (SSSR count). The summed E-state index contributed by atoms with van der Waals surface area (Å²) in [6.07, 6.45) is 0.859. The summed E-state index contributed by atoms with van der Waals surface area (Å²) in [5.41, 5.74) is 5.68. The second kappa shape index (κ2) is 6.92. The number of nitrogens with zero attached hydrogens (tertiary/aromatic N) is 1. The lowest BCUT2D eigenvalue weighted by Crippen LogP contribution is -2.31. The minimum Gasteiger partial charge on any atom is -0.392 e. The summed E-state index contributed by atoms with van der Waals surface area (Å²) < 4.78 is 0. The van der Waals surface area contributed by atoms with Gasteiger partial charge in [-0.3, -0.25) is 4.90 Å². The van der Waals surface area contributed by atoms with Crippen molar-refractivity contribution in [2.24, 2.45) is 5.73 Å². The molecule has 5 heteroatoms. The van der Waals surface area contributed by atoms with E-state index in [0.717, 1.165) is 26.1 Å². The van der Waals surface area contributed by atoms with Crippen LogP contribution in [-0.2, 0) is 0 Å². The van der Waals surface area contributed by atoms with E-state index in [2.05, 4.69) is 4.90 Å². The van der Waals surface area contributed by atoms with Crippen molar-refractivity contribution < 1.29 is 5.11 Å². The molecule has 1 heterocycles. The summed E-state index contributed by atoms with van der Waals surface area (Å²) >= 11 is 0. The highest BCUT2D eigenvalue weighted by Crippen LogP contribution is 2.06. The Balaban J connectivity index is 0. The molecule has 0 aromatic heterocycles. The van der Waals surface area contributed by atoms with Crippen LogP contribution in [0.5, 0.6) is 0 Å². The number of hydrogen-bond donors (Lipinski definition) is 2. The third-order valence-electron chi connectivity index (χ3n) is 1.83. The molecular weight excluding hydrogens is 199 g/mol. The lowest BCUT2D eigenvalue weighted by Gasteiger charge is -2.16. The Morgan fingerprint density at radius 2 is 2.17 bits per heavy atom. The predicted octanol–water partition coefficient (Wildman–Crippen LogP) is 0.244. The van der Waals surface area contributed by atoms with Crippen LogP contribution in [0, 0.1) is 0 Å². The number of β-amino-alcohol motifs (C(OH)–C–C–N with tert-alkyl or cyclic N) is 1. The average molecular weight is 217 g/mol. The summed E-state index contributed by atoms with van der Waals surface area (Å²) in [5, 5.41) is 9.02. The number of halogens is 2. The van der Waals surface area contributed by atoms with E-state index >= 15 is 0 Å². The van der Waals surface area contributed by atoms with Gasteiger partial charge in [-0.1, -0.05) is 0 Å². The molecule has 2 atom stereocenters. The fraction of sp³-hybridized carbons (Fsp3) is 1.00. The van der Waals surface area contributed by atoms with Crippen molar-refractivity contribution >= 4 is 24.8 Å². The standard InChI is InChI=1S/C7H16N2O.2ClH/c1-6(10)4-9-3-2-7(8)5-9;;/h6-7,10H,2-5,8H2,1H3;2*1H. The molecule has 0 aromatic rings. The van der Waals surface area contributed by atoms with E-state index in [0.29, 0.717) is 6.04 Å². The van der Waals surface area contributed by atoms with Gasteiger partial charge in [0.05, 0.1) is 6.10 Å². The number of hydrogen-bond acceptors (Lipinski definition) is 3. The third kappa shape index (κ3) is 5.17. The smallest absolute Gasteiger partial charge is 0.0639 e. The van der Waals surface area contributed by atoms with E-state index in [1.807, 2.05) is 6.92 Å². The highest BCUT2D eigenvalue weighted by Gasteiger charge is 2.19. The fourth-order valence-corrected chi connectivity index (χ4v) is 1.40. The molecular formula is C7H18Cl2N2O. The molecule has 1 aliphatic heterocycles. The van der Waals surface area contributed by atoms with E-state index in [-0.39, 0.29) is 30.9 Å². The van der Waals surface area contributed by atoms with Crippen LogP contribution in [0.15, 0.2) is 0 Å². The van der Waals surface area contributed by atoms with Gasteiger partial charge in [-0.05, 0) is 19.9 Å². The van der Waals surface area contributed by atoms with Crippen LogP contribution >= 0.6 is 24.8 Å². The lowest BCUT2D eigenvalue weighted by atomic mass is 10.3. The molecule has 0 aliphatic carbocycles. The zero-order valence-electron chi connectivity index (χ0n) is 7.27. The molecule has 1 saturated heterocycles. The molecule has 3 nitrogen and oxygen atoms in total. The Kier molecular flexibility index (Phi) is 8.63. The first-order valence-corrected chi connectivity index (χ1v) is 3.84. The van der Waals surface area contributed by atoms with Crippen molar-refractivity contribution in [2.75, 3.05) is 19.6 Å². The molecule has 2 unspecified atom stereocenters. The van der Waals surface area contributed by atoms with Gasteiger partial charge in [-0.25, -0.2) is 0 Å². The molecule has 0 spiro atoms. The average Bonchev–Trinajstić information content (AvgIpc) is 2.13. The minimum absolute atomic E-state index is 0. The molecule has 0 bridgehead atoms. The molecule has 1 aliphatic rings. The molecule has 0 aromatic carbocycles. The first-order chi connectivity index (χ1) is 4.68. The van der Waals surface area contributed by atoms with E-state index < -0.39 is 0 Å². The maximum atomic E-state index is 9.02. The van der Waals surface area contributed by atoms with Crippen molar-refractivity contribution in [2.45, 2.75) is 25.5 Å². The van der Waals surface area contributed by atoms with Gasteiger partial charge in [0, 0.05) is 19.1 Å². The lowest BCUT2D eigenvalue weighted by molar-refractivity contribution is 0.140. The zero-order chi connectivity index (χ0) is 7.56. The highest BCUT2D eigenvalue weighted by atomic mass is 35.5. The topological polar surface area (TPSA) is 49.5 Å². The quantitative estimate of drug-likeness (QED) is 0.696. The fourth-order valence-electron chi connectivity index (χ4n) is 1.40. The second-order valence-corrected chi connectivity index (χ2v) is 3.16. The summed E-state index contributed by atoms with van der Waals surface area (Å²) in [6.45, 7) is 4.58. The summed E-state index contributed by atoms with van der Waals surface area (Å²) in [7, 11) is 0. The molecule has 76 valence electrons. The van der Waals surface area contributed by atoms with Gasteiger partial charge in [-0.2, -0.15) is 0 Å². The number of nitrogens with two attached hydrogens (primary N) is 1. The van der Waals surface area contributed by atoms with Crippen LogP contribution < -0.4 is 5.73 Å². The molecule has 12 heavy (non-hydrogen) atoms. The highest BCUT2D eigenvalue weighted by molar-refractivity contribution is 5.85. The predicted molar refractivity (Wildman–Crippen MR) is 55.2 cm³/mol. The summed E-state index contributed by atoms with van der Waals surface area (Å²) in [4.78, 5) is 2.20. The van der Waals surface area contributed by atoms with Gasteiger partial charge in [0.15, 0.2) is 0 Å². The summed E-state index contributed by atoms with van der Waals surface area (Å²) in [5.74, 6) is 0. The second-order valence-electron chi connectivity index (χ2n) is 3.16. The minimum atomic E-state index is -0.217. The van der Waals surface area contributed by atoms with Crippen LogP contribution in [-0.4, -0.2) is 41.8 Å². The van der Waals surface area contributed by atoms with Gasteiger partial charge in [0.2, 0.25) is 0 Å². The Hall–Kier alpha value is 0.460. The van der Waals surface area contributed by atoms with Crippen molar-refractivity contribution in [3.63, 3.8) is 0 Å². The van der Waals surface area contributed by atoms with Gasteiger partial charge in [0.1, 0.15) is 0 Å². The zero-order valence-corrected chi connectivity index (χ0v) is 8.90. The van der Waals surface area contributed by atoms with E-state index in [1.165, 1.54) is 0 Å². The summed E-state index contributed by atoms with van der Waals surface area (Å²) in [6, 6.07) is 0.332. The SMILES string of the molecule is CC(O)CN1CCC(N)C1.Cl.Cl. The molecule has 3 N–H and O–H groups in total. The number of aliphatic hydroxyl groups excluding tert-OH is 1. The van der Waals surface area contributed by atoms with E-state index in [9.17, 15) is 0 Å². The van der Waals surface area contributed by atoms with Crippen LogP contribution in [0.2, 0.25) is 0 Å². The normalized spacial score (nSPS) is 25.8. The third-order valence-corrected chi connectivity index (χ3v) is 1.83. The van der Waals surface area contributed by atoms with Crippen molar-refractivity contribution in [3.05, 3.63) is 0 Å². The van der Waals surface area contributed by atoms with Crippen molar-refractivity contribution in [1.29, 1.82) is 0 Å². The Bertz CT molecular complexity index is 114. The van der Waals surface area contributed by atoms with E-state index in [4.69, 9.17) is 10.8 Å². The number of likely N-dealkylation sites (tertiary alicyclic amines) is 1. The van der Waals surface area contributed by atoms with Crippen LogP contribution in [0.3, 0.4) is 0 Å². The van der Waals surface area contributed by atoms with Gasteiger partial charge < -0.3 is 10.8 Å². The molecule has 0 amide bonds. The van der Waals surface area contributed by atoms with E-state index in [1.54, 1.807) is 0 Å². The monoisotopic (exact) mass is 216 g/mol. The van der Waals surface area contributed by atoms with Gasteiger partial charge in [0.25, 0.3) is 0 Å². The molecule has 0 saturated carbocycles. The van der Waals surface area contributed by atoms with Gasteiger partial charge in [-0.15, -0.1) is 24.8 Å². The first kappa shape index (κ1) is 15.0. The Morgan fingerprint density at radius 1 is 1.58 bits per heavy atom. The number of aliphatic hydroxyl groups is 1. The van der Waals surface area contributed by atoms with Crippen LogP contribution in [0.1, 0.15) is 13.3 Å². The van der Waals surface area contributed by atoms with Crippen molar-refractivity contribution in [1.82, 2.24) is 4.90 Å². The Morgan fingerprint density at radius 3 is 2.50 bits per heavy atom. The largest absolute Gasteiger partial charge is 0.392 e. The first-order valence-electron chi connectivity index (χ1n) is 3.84. The maximum absolute atomic E-state index is 9.02. The Labute approximate surface area is 86.1 Å². The molecule has 0 radical (unpaired) electrons. The van der Waals surface area contributed by atoms with Gasteiger partial charge >= 0.3 is 0 Å². The number of rotatable bonds is 2. The van der Waals surface area contributed by atoms with Crippen LogP contribution in [0.4, 0.5) is 0 Å². The van der Waals surface area contributed by atoms with Crippen molar-refractivity contribution in [3.8, 4) is 0 Å². The maximum Gasteiger partial charge on any atom is 0.0639 e. The molecule has 1 fully saturated rings.